The number of aromatic amines is 1. The number of para-hydroxylation sites is 1. The lowest BCUT2D eigenvalue weighted by Gasteiger charge is -2.13. The number of hydrogen-bond donors (Lipinski definition) is 2. The first-order valence-corrected chi connectivity index (χ1v) is 9.68. The molecule has 1 unspecified atom stereocenters. The normalized spacial score (nSPS) is 11.7. The Kier molecular flexibility index (Phi) is 5.77. The number of rotatable bonds is 5. The van der Waals surface area contributed by atoms with Gasteiger partial charge in [0.05, 0.1) is 22.2 Å². The van der Waals surface area contributed by atoms with E-state index >= 15 is 0 Å². The molecule has 0 spiro atoms. The van der Waals surface area contributed by atoms with Crippen LogP contribution in [0.2, 0.25) is 0 Å². The topological polar surface area (TPSA) is 136 Å². The van der Waals surface area contributed by atoms with Gasteiger partial charge in [-0.1, -0.05) is 12.1 Å². The second-order valence-corrected chi connectivity index (χ2v) is 6.89. The number of hydrogen-bond acceptors (Lipinski definition) is 7. The Labute approximate surface area is 184 Å². The second kappa shape index (κ2) is 8.83. The maximum atomic E-state index is 14.1. The monoisotopic (exact) mass is 449 g/mol. The smallest absolute Gasteiger partial charge is 0.338 e. The van der Waals surface area contributed by atoms with E-state index in [2.05, 4.69) is 20.3 Å². The van der Waals surface area contributed by atoms with Crippen molar-refractivity contribution in [3.63, 3.8) is 0 Å². The van der Waals surface area contributed by atoms with Gasteiger partial charge >= 0.3 is 11.7 Å². The fraction of sp³-hybridized carbons (Fsp3) is 0.0909. The molecule has 166 valence electrons. The molecule has 4 rings (SSSR count). The maximum Gasteiger partial charge on any atom is 0.338 e. The van der Waals surface area contributed by atoms with E-state index in [0.29, 0.717) is 4.57 Å². The van der Waals surface area contributed by atoms with Crippen LogP contribution in [0.25, 0.3) is 16.6 Å². The van der Waals surface area contributed by atoms with Gasteiger partial charge in [-0.2, -0.15) is 0 Å². The summed E-state index contributed by atoms with van der Waals surface area (Å²) in [7, 11) is 0. The summed E-state index contributed by atoms with van der Waals surface area (Å²) in [5.74, 6) is -2.18. The third-order valence-electron chi connectivity index (χ3n) is 4.68. The SMILES string of the molecule is CC(OC(=O)c1ccc2c(=O)n(-c3ccccc3F)c(=O)[nH]c2c1)C(=O)Nc1ncccn1. The zero-order valence-electron chi connectivity index (χ0n) is 17.1. The number of amides is 1. The minimum absolute atomic E-state index is 0.00296. The Balaban J connectivity index is 1.59. The van der Waals surface area contributed by atoms with Crippen molar-refractivity contribution in [1.82, 2.24) is 19.5 Å². The van der Waals surface area contributed by atoms with E-state index in [4.69, 9.17) is 4.74 Å². The number of nitrogens with zero attached hydrogens (tertiary/aromatic N) is 3. The molecule has 2 aromatic heterocycles. The molecule has 0 aliphatic carbocycles. The highest BCUT2D eigenvalue weighted by Gasteiger charge is 2.21. The van der Waals surface area contributed by atoms with E-state index in [9.17, 15) is 23.6 Å². The number of carbonyl (C=O) groups is 2. The van der Waals surface area contributed by atoms with Gasteiger partial charge in [0.15, 0.2) is 6.10 Å². The maximum absolute atomic E-state index is 14.1. The Morgan fingerprint density at radius 2 is 1.82 bits per heavy atom. The fourth-order valence-electron chi connectivity index (χ4n) is 3.05. The van der Waals surface area contributed by atoms with Crippen molar-refractivity contribution >= 4 is 28.7 Å². The van der Waals surface area contributed by atoms with Gasteiger partial charge in [0, 0.05) is 12.4 Å². The molecule has 33 heavy (non-hydrogen) atoms. The largest absolute Gasteiger partial charge is 0.449 e. The zero-order chi connectivity index (χ0) is 23.5. The lowest BCUT2D eigenvalue weighted by molar-refractivity contribution is -0.123. The first-order valence-electron chi connectivity index (χ1n) is 9.68. The summed E-state index contributed by atoms with van der Waals surface area (Å²) in [6.45, 7) is 1.37. The molecule has 0 aliphatic rings. The molecule has 0 fully saturated rings. The Morgan fingerprint density at radius 3 is 2.55 bits per heavy atom. The Bertz CT molecular complexity index is 1480. The van der Waals surface area contributed by atoms with Crippen molar-refractivity contribution in [2.24, 2.45) is 0 Å². The Hall–Kier alpha value is -4.67. The predicted octanol–water partition coefficient (Wildman–Crippen LogP) is 1.79. The van der Waals surface area contributed by atoms with Crippen LogP contribution in [0.3, 0.4) is 0 Å². The van der Waals surface area contributed by atoms with Crippen LogP contribution in [0.4, 0.5) is 10.3 Å². The number of halogens is 1. The molecule has 4 aromatic rings. The molecule has 11 heteroatoms. The zero-order valence-corrected chi connectivity index (χ0v) is 17.1. The number of ether oxygens (including phenoxy) is 1. The lowest BCUT2D eigenvalue weighted by atomic mass is 10.1. The molecule has 0 saturated heterocycles. The summed E-state index contributed by atoms with van der Waals surface area (Å²) in [6.07, 6.45) is 1.70. The predicted molar refractivity (Wildman–Crippen MR) is 116 cm³/mol. The number of H-pyrrole nitrogens is 1. The van der Waals surface area contributed by atoms with E-state index < -0.39 is 35.0 Å². The van der Waals surface area contributed by atoms with Crippen LogP contribution >= 0.6 is 0 Å². The van der Waals surface area contributed by atoms with Crippen molar-refractivity contribution in [2.45, 2.75) is 13.0 Å². The third kappa shape index (κ3) is 4.37. The van der Waals surface area contributed by atoms with Gasteiger partial charge in [0.1, 0.15) is 5.82 Å². The van der Waals surface area contributed by atoms with Crippen LogP contribution in [0.5, 0.6) is 0 Å². The van der Waals surface area contributed by atoms with E-state index in [1.165, 1.54) is 55.7 Å². The number of nitrogens with one attached hydrogen (secondary N) is 2. The molecule has 0 saturated carbocycles. The van der Waals surface area contributed by atoms with Gasteiger partial charge in [-0.3, -0.25) is 14.9 Å². The standard InChI is InChI=1S/C22H16FN5O5/c1-12(18(29)27-21-24-9-4-10-25-21)33-20(31)13-7-8-14-16(11-13)26-22(32)28(19(14)30)17-6-3-2-5-15(17)23/h2-12H,1H3,(H,26,32)(H,24,25,27,29). The number of anilines is 1. The number of esters is 1. The van der Waals surface area contributed by atoms with Crippen molar-refractivity contribution in [3.05, 3.63) is 93.1 Å². The first kappa shape index (κ1) is 21.6. The van der Waals surface area contributed by atoms with Crippen molar-refractivity contribution in [3.8, 4) is 5.69 Å². The molecular formula is C22H16FN5O5. The Morgan fingerprint density at radius 1 is 1.09 bits per heavy atom. The molecular weight excluding hydrogens is 433 g/mol. The summed E-state index contributed by atoms with van der Waals surface area (Å²) in [4.78, 5) is 60.2. The van der Waals surface area contributed by atoms with Crippen LogP contribution in [0.15, 0.2) is 70.5 Å². The number of benzene rings is 2. The summed E-state index contributed by atoms with van der Waals surface area (Å²) in [5.41, 5.74) is -1.77. The van der Waals surface area contributed by atoms with Crippen molar-refractivity contribution in [2.75, 3.05) is 5.32 Å². The highest BCUT2D eigenvalue weighted by atomic mass is 19.1. The highest BCUT2D eigenvalue weighted by molar-refractivity contribution is 5.98. The van der Waals surface area contributed by atoms with E-state index in [1.54, 1.807) is 6.07 Å². The molecule has 1 amide bonds. The minimum Gasteiger partial charge on any atom is -0.449 e. The molecule has 2 aromatic carbocycles. The number of aromatic nitrogens is 4. The summed E-state index contributed by atoms with van der Waals surface area (Å²) in [6, 6.07) is 10.8. The molecule has 1 atom stereocenters. The van der Waals surface area contributed by atoms with E-state index in [0.717, 1.165) is 6.07 Å². The van der Waals surface area contributed by atoms with E-state index in [1.807, 2.05) is 0 Å². The molecule has 2 heterocycles. The minimum atomic E-state index is -1.18. The fourth-order valence-corrected chi connectivity index (χ4v) is 3.05. The summed E-state index contributed by atoms with van der Waals surface area (Å²) in [5, 5.41) is 2.47. The summed E-state index contributed by atoms with van der Waals surface area (Å²) >= 11 is 0. The van der Waals surface area contributed by atoms with Crippen molar-refractivity contribution < 1.29 is 18.7 Å². The number of carbonyl (C=O) groups excluding carboxylic acids is 2. The van der Waals surface area contributed by atoms with Gasteiger partial charge in [0.2, 0.25) is 5.95 Å². The third-order valence-corrected chi connectivity index (χ3v) is 4.68. The molecule has 10 nitrogen and oxygen atoms in total. The molecule has 0 aliphatic heterocycles. The number of fused-ring (bicyclic) bond motifs is 1. The highest BCUT2D eigenvalue weighted by Crippen LogP contribution is 2.14. The van der Waals surface area contributed by atoms with Crippen molar-refractivity contribution in [1.29, 1.82) is 0 Å². The molecule has 0 bridgehead atoms. The van der Waals surface area contributed by atoms with Crippen LogP contribution in [0.1, 0.15) is 17.3 Å². The van der Waals surface area contributed by atoms with Crippen LogP contribution < -0.4 is 16.6 Å². The first-order chi connectivity index (χ1) is 15.8. The van der Waals surface area contributed by atoms with Gasteiger partial charge in [-0.15, -0.1) is 0 Å². The quantitative estimate of drug-likeness (QED) is 0.443. The van der Waals surface area contributed by atoms with Gasteiger partial charge < -0.3 is 9.72 Å². The van der Waals surface area contributed by atoms with Crippen LogP contribution in [-0.4, -0.2) is 37.5 Å². The molecule has 0 radical (unpaired) electrons. The van der Waals surface area contributed by atoms with Crippen LogP contribution in [0, 0.1) is 5.82 Å². The second-order valence-electron chi connectivity index (χ2n) is 6.89. The summed E-state index contributed by atoms with van der Waals surface area (Å²) < 4.78 is 19.9. The van der Waals surface area contributed by atoms with Gasteiger partial charge in [0.25, 0.3) is 11.5 Å². The average molecular weight is 449 g/mol. The average Bonchev–Trinajstić information content (AvgIpc) is 2.80. The van der Waals surface area contributed by atoms with E-state index in [-0.39, 0.29) is 28.1 Å². The molecule has 2 N–H and O–H groups in total. The van der Waals surface area contributed by atoms with Gasteiger partial charge in [-0.25, -0.2) is 28.5 Å². The lowest BCUT2D eigenvalue weighted by Crippen LogP contribution is -2.34. The van der Waals surface area contributed by atoms with Crippen LogP contribution in [-0.2, 0) is 9.53 Å². The van der Waals surface area contributed by atoms with Gasteiger partial charge in [-0.05, 0) is 43.3 Å².